The van der Waals surface area contributed by atoms with E-state index in [4.69, 9.17) is 11.6 Å². The average Bonchev–Trinajstić information content (AvgIpc) is 3.08. The third-order valence-corrected chi connectivity index (χ3v) is 5.62. The van der Waals surface area contributed by atoms with Crippen molar-refractivity contribution in [1.29, 1.82) is 5.26 Å². The summed E-state index contributed by atoms with van der Waals surface area (Å²) >= 11 is 9.89. The molecule has 3 rings (SSSR count). The summed E-state index contributed by atoms with van der Waals surface area (Å²) in [6.07, 6.45) is -3.20. The summed E-state index contributed by atoms with van der Waals surface area (Å²) in [5.41, 5.74) is 0.732. The van der Waals surface area contributed by atoms with Crippen LogP contribution < -0.4 is 0 Å². The lowest BCUT2D eigenvalue weighted by Crippen LogP contribution is -2.15. The molecule has 0 radical (unpaired) electrons. The van der Waals surface area contributed by atoms with Crippen molar-refractivity contribution in [3.05, 3.63) is 61.1 Å². The van der Waals surface area contributed by atoms with Crippen LogP contribution in [0.3, 0.4) is 0 Å². The minimum atomic E-state index is -4.64. The van der Waals surface area contributed by atoms with E-state index in [0.29, 0.717) is 10.4 Å². The van der Waals surface area contributed by atoms with Crippen molar-refractivity contribution in [2.45, 2.75) is 19.6 Å². The molecule has 0 atom stereocenters. The van der Waals surface area contributed by atoms with Crippen LogP contribution in [-0.2, 0) is 12.7 Å². The van der Waals surface area contributed by atoms with Gasteiger partial charge in [0.05, 0.1) is 22.3 Å². The Labute approximate surface area is 164 Å². The lowest BCUT2D eigenvalue weighted by Gasteiger charge is -2.15. The highest BCUT2D eigenvalue weighted by atomic mass is 79.9. The van der Waals surface area contributed by atoms with Crippen molar-refractivity contribution < 1.29 is 13.2 Å². The number of halogens is 5. The molecule has 0 aliphatic carbocycles. The Balaban J connectivity index is 2.30. The SMILES string of the molecule is Cc1ccc(-c2c(C#N)c(Br)c(C(F)(F)F)n2Cc2cnc(Cl)s2)cc1. The summed E-state index contributed by atoms with van der Waals surface area (Å²) < 4.78 is 42.3. The van der Waals surface area contributed by atoms with Gasteiger partial charge in [0.25, 0.3) is 0 Å². The summed E-state index contributed by atoms with van der Waals surface area (Å²) in [5, 5.41) is 9.50. The minimum Gasteiger partial charge on any atom is -0.330 e. The molecule has 0 saturated heterocycles. The first-order valence-corrected chi connectivity index (χ1v) is 9.27. The normalized spacial score (nSPS) is 11.6. The molecule has 2 heterocycles. The zero-order valence-corrected chi connectivity index (χ0v) is 16.4. The van der Waals surface area contributed by atoms with Gasteiger partial charge in [0.1, 0.15) is 11.8 Å². The van der Waals surface area contributed by atoms with E-state index in [0.717, 1.165) is 21.5 Å². The first kappa shape index (κ1) is 19.0. The quantitative estimate of drug-likeness (QED) is 0.462. The fraction of sp³-hybridized carbons (Fsp3) is 0.176. The number of hydrogen-bond donors (Lipinski definition) is 0. The van der Waals surface area contributed by atoms with Crippen LogP contribution in [0, 0.1) is 18.3 Å². The van der Waals surface area contributed by atoms with Crippen molar-refractivity contribution in [2.24, 2.45) is 0 Å². The molecular weight excluding hydrogens is 451 g/mol. The van der Waals surface area contributed by atoms with Gasteiger partial charge in [-0.1, -0.05) is 41.4 Å². The van der Waals surface area contributed by atoms with Crippen LogP contribution in [0.15, 0.2) is 34.9 Å². The molecule has 0 aliphatic heterocycles. The fourth-order valence-corrected chi connectivity index (χ4v) is 4.33. The predicted octanol–water partition coefficient (Wildman–Crippen LogP) is 6.27. The van der Waals surface area contributed by atoms with Crippen LogP contribution in [0.4, 0.5) is 13.2 Å². The van der Waals surface area contributed by atoms with Gasteiger partial charge in [-0.2, -0.15) is 18.4 Å². The monoisotopic (exact) mass is 459 g/mol. The molecule has 2 aromatic heterocycles. The van der Waals surface area contributed by atoms with Gasteiger partial charge >= 0.3 is 6.18 Å². The zero-order chi connectivity index (χ0) is 19.1. The molecule has 0 amide bonds. The van der Waals surface area contributed by atoms with Crippen molar-refractivity contribution >= 4 is 38.9 Å². The summed E-state index contributed by atoms with van der Waals surface area (Å²) in [7, 11) is 0. The van der Waals surface area contributed by atoms with Crippen molar-refractivity contribution in [1.82, 2.24) is 9.55 Å². The Morgan fingerprint density at radius 2 is 1.96 bits per heavy atom. The average molecular weight is 461 g/mol. The third-order valence-electron chi connectivity index (χ3n) is 3.75. The number of aryl methyl sites for hydroxylation is 1. The molecule has 26 heavy (non-hydrogen) atoms. The van der Waals surface area contributed by atoms with E-state index in [-0.39, 0.29) is 26.7 Å². The van der Waals surface area contributed by atoms with E-state index in [9.17, 15) is 18.4 Å². The van der Waals surface area contributed by atoms with Crippen molar-refractivity contribution in [3.63, 3.8) is 0 Å². The van der Waals surface area contributed by atoms with Gasteiger partial charge < -0.3 is 4.57 Å². The first-order chi connectivity index (χ1) is 12.2. The van der Waals surface area contributed by atoms with E-state index >= 15 is 0 Å². The van der Waals surface area contributed by atoms with Gasteiger partial charge in [-0.05, 0) is 28.4 Å². The zero-order valence-electron chi connectivity index (χ0n) is 13.2. The molecule has 0 fully saturated rings. The Kier molecular flexibility index (Phi) is 5.15. The van der Waals surface area contributed by atoms with E-state index < -0.39 is 11.9 Å². The van der Waals surface area contributed by atoms with Crippen molar-refractivity contribution in [3.8, 4) is 17.3 Å². The Morgan fingerprint density at radius 3 is 2.46 bits per heavy atom. The van der Waals surface area contributed by atoms with Gasteiger partial charge in [-0.15, -0.1) is 11.3 Å². The van der Waals surface area contributed by atoms with Gasteiger partial charge in [-0.25, -0.2) is 4.98 Å². The molecule has 0 unspecified atom stereocenters. The van der Waals surface area contributed by atoms with Crippen LogP contribution in [0.2, 0.25) is 4.47 Å². The van der Waals surface area contributed by atoms with Gasteiger partial charge in [0.15, 0.2) is 4.47 Å². The number of thiazole rings is 1. The summed E-state index contributed by atoms with van der Waals surface area (Å²) in [6.45, 7) is 1.78. The van der Waals surface area contributed by atoms with Crippen LogP contribution in [-0.4, -0.2) is 9.55 Å². The van der Waals surface area contributed by atoms with E-state index in [1.807, 2.05) is 13.0 Å². The first-order valence-electron chi connectivity index (χ1n) is 7.29. The second-order valence-corrected chi connectivity index (χ2v) is 8.02. The highest BCUT2D eigenvalue weighted by Crippen LogP contribution is 2.43. The molecule has 0 spiro atoms. The third kappa shape index (κ3) is 3.52. The number of nitriles is 1. The Hall–Kier alpha value is -1.82. The lowest BCUT2D eigenvalue weighted by molar-refractivity contribution is -0.143. The summed E-state index contributed by atoms with van der Waals surface area (Å²) in [5.74, 6) is 0. The minimum absolute atomic E-state index is 0.0585. The molecule has 0 aliphatic rings. The second kappa shape index (κ2) is 7.06. The van der Waals surface area contributed by atoms with Gasteiger partial charge in [-0.3, -0.25) is 0 Å². The highest BCUT2D eigenvalue weighted by molar-refractivity contribution is 9.10. The van der Waals surface area contributed by atoms with Crippen LogP contribution in [0.5, 0.6) is 0 Å². The van der Waals surface area contributed by atoms with Crippen LogP contribution >= 0.6 is 38.9 Å². The topological polar surface area (TPSA) is 41.6 Å². The number of rotatable bonds is 3. The molecule has 0 bridgehead atoms. The maximum atomic E-state index is 13.7. The Bertz CT molecular complexity index is 1000. The lowest BCUT2D eigenvalue weighted by atomic mass is 10.1. The molecular formula is C17H10BrClF3N3S. The molecule has 134 valence electrons. The van der Waals surface area contributed by atoms with Crippen LogP contribution in [0.25, 0.3) is 11.3 Å². The second-order valence-electron chi connectivity index (χ2n) is 5.53. The highest BCUT2D eigenvalue weighted by Gasteiger charge is 2.40. The molecule has 3 nitrogen and oxygen atoms in total. The number of aromatic nitrogens is 2. The standard InChI is InChI=1S/C17H10BrClF3N3S/c1-9-2-4-10(5-3-9)14-12(6-23)13(18)15(17(20,21)22)25(14)8-11-7-24-16(19)26-11/h2-5,7H,8H2,1H3. The number of alkyl halides is 3. The van der Waals surface area contributed by atoms with E-state index in [1.54, 1.807) is 24.3 Å². The summed E-state index contributed by atoms with van der Waals surface area (Å²) in [6, 6.07) is 8.88. The maximum Gasteiger partial charge on any atom is 0.432 e. The number of benzene rings is 1. The molecule has 1 aromatic carbocycles. The van der Waals surface area contributed by atoms with Crippen molar-refractivity contribution in [2.75, 3.05) is 0 Å². The maximum absolute atomic E-state index is 13.7. The van der Waals surface area contributed by atoms with E-state index in [1.165, 1.54) is 6.20 Å². The van der Waals surface area contributed by atoms with Gasteiger partial charge in [0.2, 0.25) is 0 Å². The molecule has 3 aromatic rings. The molecule has 0 saturated carbocycles. The number of nitrogens with zero attached hydrogens (tertiary/aromatic N) is 3. The molecule has 0 N–H and O–H groups in total. The van der Waals surface area contributed by atoms with Crippen LogP contribution in [0.1, 0.15) is 21.7 Å². The Morgan fingerprint density at radius 1 is 1.31 bits per heavy atom. The largest absolute Gasteiger partial charge is 0.432 e. The van der Waals surface area contributed by atoms with Gasteiger partial charge in [0, 0.05) is 11.1 Å². The van der Waals surface area contributed by atoms with E-state index in [2.05, 4.69) is 20.9 Å². The molecule has 9 heteroatoms. The fourth-order valence-electron chi connectivity index (χ4n) is 2.65. The summed E-state index contributed by atoms with van der Waals surface area (Å²) in [4.78, 5) is 4.44. The smallest absolute Gasteiger partial charge is 0.330 e. The number of hydrogen-bond acceptors (Lipinski definition) is 3. The predicted molar refractivity (Wildman–Crippen MR) is 98.2 cm³/mol.